The molecule has 5 nitrogen and oxygen atoms in total. The van der Waals surface area contributed by atoms with E-state index in [4.69, 9.17) is 10.1 Å². The van der Waals surface area contributed by atoms with Crippen molar-refractivity contribution in [3.63, 3.8) is 0 Å². The molecule has 20 heavy (non-hydrogen) atoms. The first-order valence-corrected chi connectivity index (χ1v) is 9.71. The number of hydrogen-bond donors (Lipinski definition) is 4. The van der Waals surface area contributed by atoms with E-state index >= 15 is 0 Å². The van der Waals surface area contributed by atoms with Crippen molar-refractivity contribution in [2.45, 2.75) is 0 Å². The SMILES string of the molecule is N=P(S)(S)OP(=O)(O)Oc1c(F)c(F)c(F)c(F)c1F. The van der Waals surface area contributed by atoms with Gasteiger partial charge in [0.15, 0.2) is 5.69 Å². The average molecular weight is 375 g/mol. The molecule has 2 N–H and O–H groups in total. The number of hydrogen-bond acceptors (Lipinski definition) is 4. The fourth-order valence-electron chi connectivity index (χ4n) is 0.941. The molecule has 0 amide bonds. The second-order valence-corrected chi connectivity index (χ2v) is 10.3. The van der Waals surface area contributed by atoms with Gasteiger partial charge in [-0.25, -0.2) is 22.0 Å². The third kappa shape index (κ3) is 4.12. The summed E-state index contributed by atoms with van der Waals surface area (Å²) in [5.41, 5.74) is -3.74. The molecule has 1 aromatic carbocycles. The van der Waals surface area contributed by atoms with Gasteiger partial charge in [0.25, 0.3) is 0 Å². The predicted octanol–water partition coefficient (Wildman–Crippen LogP) is 4.26. The smallest absolute Gasteiger partial charge is 0.397 e. The van der Waals surface area contributed by atoms with Crippen LogP contribution in [-0.4, -0.2) is 4.89 Å². The lowest BCUT2D eigenvalue weighted by Gasteiger charge is -2.17. The maximum absolute atomic E-state index is 13.2. The van der Waals surface area contributed by atoms with Crippen molar-refractivity contribution >= 4 is 38.0 Å². The Morgan fingerprint density at radius 3 is 1.65 bits per heavy atom. The van der Waals surface area contributed by atoms with Crippen LogP contribution in [0.3, 0.4) is 0 Å². The summed E-state index contributed by atoms with van der Waals surface area (Å²) in [5, 5.41) is 6.99. The van der Waals surface area contributed by atoms with Gasteiger partial charge in [0.1, 0.15) is 0 Å². The van der Waals surface area contributed by atoms with Gasteiger partial charge in [-0.2, -0.15) is 8.78 Å². The second kappa shape index (κ2) is 5.86. The van der Waals surface area contributed by atoms with Crippen LogP contribution in [-0.2, 0) is 8.88 Å². The minimum atomic E-state index is -5.37. The molecule has 0 radical (unpaired) electrons. The van der Waals surface area contributed by atoms with Crippen LogP contribution in [0.25, 0.3) is 0 Å². The number of thiol groups is 2. The fraction of sp³-hybridized carbons (Fsp3) is 0. The molecule has 0 fully saturated rings. The van der Waals surface area contributed by atoms with Gasteiger partial charge in [-0.1, -0.05) is 24.5 Å². The summed E-state index contributed by atoms with van der Waals surface area (Å²) in [6, 6.07) is 0. The van der Waals surface area contributed by atoms with E-state index in [0.717, 1.165) is 0 Å². The van der Waals surface area contributed by atoms with Crippen molar-refractivity contribution < 1.29 is 40.2 Å². The van der Waals surface area contributed by atoms with Crippen LogP contribution in [0.5, 0.6) is 5.75 Å². The standard InChI is InChI=1S/C6H4F5NO4P2S2/c7-1-2(8)4(10)6(5(11)3(1)9)15-18(13,14)16-17(12,19)20/h(H,13,14)(H3,12,19,20). The number of phosphoric ester groups is 1. The van der Waals surface area contributed by atoms with Crippen LogP contribution in [0.2, 0.25) is 0 Å². The first-order valence-electron chi connectivity index (χ1n) is 4.20. The third-order valence-electron chi connectivity index (χ3n) is 1.59. The van der Waals surface area contributed by atoms with Gasteiger partial charge in [0, 0.05) is 0 Å². The highest BCUT2D eigenvalue weighted by Gasteiger charge is 2.35. The summed E-state index contributed by atoms with van der Waals surface area (Å²) >= 11 is 6.67. The van der Waals surface area contributed by atoms with Crippen molar-refractivity contribution in [3.8, 4) is 5.75 Å². The fourth-order valence-corrected chi connectivity index (χ4v) is 4.28. The Bertz CT molecular complexity index is 624. The lowest BCUT2D eigenvalue weighted by Crippen LogP contribution is -2.06. The monoisotopic (exact) mass is 375 g/mol. The maximum Gasteiger partial charge on any atom is 0.533 e. The van der Waals surface area contributed by atoms with E-state index in [-0.39, 0.29) is 0 Å². The largest absolute Gasteiger partial charge is 0.533 e. The summed E-state index contributed by atoms with van der Waals surface area (Å²) in [6.45, 7) is 0. The molecule has 0 saturated carbocycles. The molecule has 0 heterocycles. The zero-order chi connectivity index (χ0) is 15.9. The molecular weight excluding hydrogens is 371 g/mol. The Balaban J connectivity index is 3.30. The highest BCUT2D eigenvalue weighted by atomic mass is 33.1. The van der Waals surface area contributed by atoms with Gasteiger partial charge in [-0.05, 0) is 0 Å². The number of benzene rings is 1. The minimum Gasteiger partial charge on any atom is -0.397 e. The lowest BCUT2D eigenvalue weighted by molar-refractivity contribution is 0.278. The zero-order valence-electron chi connectivity index (χ0n) is 8.85. The molecule has 1 aromatic rings. The summed E-state index contributed by atoms with van der Waals surface area (Å²) in [6.07, 6.45) is 0. The van der Waals surface area contributed by atoms with E-state index in [9.17, 15) is 26.5 Å². The molecule has 1 unspecified atom stereocenters. The predicted molar refractivity (Wildman–Crippen MR) is 65.4 cm³/mol. The Labute approximate surface area is 119 Å². The van der Waals surface area contributed by atoms with Crippen molar-refractivity contribution in [1.82, 2.24) is 0 Å². The van der Waals surface area contributed by atoms with Crippen molar-refractivity contribution in [2.24, 2.45) is 0 Å². The highest BCUT2D eigenvalue weighted by Crippen LogP contribution is 2.68. The molecule has 1 rings (SSSR count). The van der Waals surface area contributed by atoms with E-state index in [1.807, 2.05) is 0 Å². The number of rotatable bonds is 4. The van der Waals surface area contributed by atoms with Crippen LogP contribution in [0.4, 0.5) is 22.0 Å². The average Bonchev–Trinajstić information content (AvgIpc) is 2.26. The Morgan fingerprint density at radius 2 is 1.30 bits per heavy atom. The van der Waals surface area contributed by atoms with Gasteiger partial charge in [0.2, 0.25) is 34.8 Å². The zero-order valence-corrected chi connectivity index (χ0v) is 12.4. The summed E-state index contributed by atoms with van der Waals surface area (Å²) in [7, 11) is -5.37. The summed E-state index contributed by atoms with van der Waals surface area (Å²) < 4.78 is 83.6. The minimum absolute atomic E-state index is 2.01. The molecule has 14 heteroatoms. The van der Waals surface area contributed by atoms with E-state index in [0.29, 0.717) is 0 Å². The summed E-state index contributed by atoms with van der Waals surface area (Å²) in [4.78, 5) is 9.05. The normalized spacial score (nSPS) is 15.0. The van der Waals surface area contributed by atoms with E-state index in [1.165, 1.54) is 0 Å². The molecule has 0 aliphatic carbocycles. The van der Waals surface area contributed by atoms with E-state index < -0.39 is 48.3 Å². The highest BCUT2D eigenvalue weighted by molar-refractivity contribution is 8.80. The van der Waals surface area contributed by atoms with Gasteiger partial charge in [-0.3, -0.25) is 10.1 Å². The first kappa shape index (κ1) is 17.8. The van der Waals surface area contributed by atoms with Crippen LogP contribution in [0.1, 0.15) is 0 Å². The van der Waals surface area contributed by atoms with Crippen LogP contribution >= 0.6 is 38.0 Å². The molecule has 1 atom stereocenters. The molecule has 114 valence electrons. The van der Waals surface area contributed by atoms with Crippen molar-refractivity contribution in [2.75, 3.05) is 0 Å². The molecule has 0 spiro atoms. The van der Waals surface area contributed by atoms with Crippen molar-refractivity contribution in [3.05, 3.63) is 29.1 Å². The van der Waals surface area contributed by atoms with Gasteiger partial charge >= 0.3 is 7.82 Å². The lowest BCUT2D eigenvalue weighted by atomic mass is 10.3. The van der Waals surface area contributed by atoms with E-state index in [1.54, 1.807) is 0 Å². The second-order valence-electron chi connectivity index (χ2n) is 3.08. The topological polar surface area (TPSA) is 79.6 Å². The van der Waals surface area contributed by atoms with E-state index in [2.05, 4.69) is 33.3 Å². The quantitative estimate of drug-likeness (QED) is 0.208. The molecule has 0 aliphatic heterocycles. The summed E-state index contributed by atoms with van der Waals surface area (Å²) in [5.74, 6) is -14.2. The molecule has 0 aromatic heterocycles. The molecule has 0 bridgehead atoms. The number of phosphoric acid groups is 1. The van der Waals surface area contributed by atoms with Crippen LogP contribution in [0, 0.1) is 34.2 Å². The maximum atomic E-state index is 13.2. The molecular formula is C6H4F5NO4P2S2. The first-order chi connectivity index (χ1) is 8.86. The van der Waals surface area contributed by atoms with Crippen LogP contribution < -0.4 is 4.52 Å². The van der Waals surface area contributed by atoms with Gasteiger partial charge < -0.3 is 4.52 Å². The van der Waals surface area contributed by atoms with Crippen LogP contribution in [0.15, 0.2) is 0 Å². The van der Waals surface area contributed by atoms with Gasteiger partial charge in [0.05, 0.1) is 0 Å². The van der Waals surface area contributed by atoms with Crippen molar-refractivity contribution in [1.29, 1.82) is 5.16 Å². The Kier molecular flexibility index (Phi) is 5.22. The Hall–Kier alpha value is -0.250. The Morgan fingerprint density at radius 1 is 0.950 bits per heavy atom. The van der Waals surface area contributed by atoms with Gasteiger partial charge in [-0.15, -0.1) is 0 Å². The molecule has 0 saturated heterocycles. The third-order valence-corrected chi connectivity index (χ3v) is 5.06. The molecule has 0 aliphatic rings. The number of halogens is 5. The number of nitrogens with one attached hydrogen (secondary N) is 1.